The predicted molar refractivity (Wildman–Crippen MR) is 40.5 cm³/mol. The highest BCUT2D eigenvalue weighted by molar-refractivity contribution is 5.70. The second-order valence-corrected chi connectivity index (χ2v) is 3.08. The van der Waals surface area contributed by atoms with Crippen molar-refractivity contribution in [3.05, 3.63) is 0 Å². The minimum absolute atomic E-state index is 0.177. The van der Waals surface area contributed by atoms with Crippen molar-refractivity contribution in [2.24, 2.45) is 5.92 Å². The van der Waals surface area contributed by atoms with E-state index in [1.54, 1.807) is 0 Å². The molecule has 4 nitrogen and oxygen atoms in total. The van der Waals surface area contributed by atoms with Gasteiger partial charge in [-0.05, 0) is 19.3 Å². The zero-order valence-electron chi connectivity index (χ0n) is 6.95. The van der Waals surface area contributed by atoms with Crippen molar-refractivity contribution in [1.29, 1.82) is 0 Å². The first-order valence-electron chi connectivity index (χ1n) is 3.99. The normalized spacial score (nSPS) is 28.4. The molecule has 4 heteroatoms. The molecule has 0 radical (unpaired) electrons. The first kappa shape index (κ1) is 9.03. The minimum Gasteiger partial charge on any atom is -0.481 e. The van der Waals surface area contributed by atoms with E-state index in [4.69, 9.17) is 9.84 Å². The lowest BCUT2D eigenvalue weighted by atomic mass is 10.1. The SMILES string of the molecule is CC(=O)OC1CCC(C(=O)O)C1. The van der Waals surface area contributed by atoms with Crippen LogP contribution in [0, 0.1) is 5.92 Å². The molecule has 1 N–H and O–H groups in total. The maximum absolute atomic E-state index is 10.5. The third-order valence-corrected chi connectivity index (χ3v) is 2.07. The molecule has 0 heterocycles. The van der Waals surface area contributed by atoms with E-state index >= 15 is 0 Å². The summed E-state index contributed by atoms with van der Waals surface area (Å²) in [6, 6.07) is 0. The third-order valence-electron chi connectivity index (χ3n) is 2.07. The number of esters is 1. The van der Waals surface area contributed by atoms with Crippen molar-refractivity contribution in [2.75, 3.05) is 0 Å². The van der Waals surface area contributed by atoms with Gasteiger partial charge in [0.1, 0.15) is 6.10 Å². The second kappa shape index (κ2) is 3.56. The Labute approximate surface area is 70.5 Å². The molecule has 1 rings (SSSR count). The Bertz CT molecular complexity index is 199. The zero-order valence-corrected chi connectivity index (χ0v) is 6.95. The topological polar surface area (TPSA) is 63.6 Å². The Kier molecular flexibility index (Phi) is 2.68. The molecule has 0 bridgehead atoms. The van der Waals surface area contributed by atoms with Crippen LogP contribution >= 0.6 is 0 Å². The van der Waals surface area contributed by atoms with Crippen LogP contribution in [0.15, 0.2) is 0 Å². The molecule has 0 aromatic rings. The van der Waals surface area contributed by atoms with Gasteiger partial charge in [-0.3, -0.25) is 9.59 Å². The lowest BCUT2D eigenvalue weighted by Gasteiger charge is -2.08. The molecule has 0 aliphatic heterocycles. The van der Waals surface area contributed by atoms with Crippen LogP contribution in [0.3, 0.4) is 0 Å². The van der Waals surface area contributed by atoms with Crippen LogP contribution in [0.1, 0.15) is 26.2 Å². The van der Waals surface area contributed by atoms with Crippen LogP contribution < -0.4 is 0 Å². The van der Waals surface area contributed by atoms with Crippen molar-refractivity contribution >= 4 is 11.9 Å². The maximum atomic E-state index is 10.5. The van der Waals surface area contributed by atoms with E-state index in [1.807, 2.05) is 0 Å². The highest BCUT2D eigenvalue weighted by Gasteiger charge is 2.31. The summed E-state index contributed by atoms with van der Waals surface area (Å²) < 4.78 is 4.89. The van der Waals surface area contributed by atoms with Crippen LogP contribution in [0.25, 0.3) is 0 Å². The molecule has 0 aromatic carbocycles. The van der Waals surface area contributed by atoms with E-state index in [-0.39, 0.29) is 18.0 Å². The first-order valence-corrected chi connectivity index (χ1v) is 3.99. The van der Waals surface area contributed by atoms with Crippen LogP contribution in [0.5, 0.6) is 0 Å². The molecule has 1 aliphatic rings. The smallest absolute Gasteiger partial charge is 0.306 e. The van der Waals surface area contributed by atoms with Crippen LogP contribution in [-0.2, 0) is 14.3 Å². The molecule has 1 fully saturated rings. The van der Waals surface area contributed by atoms with E-state index < -0.39 is 5.97 Å². The molecule has 68 valence electrons. The van der Waals surface area contributed by atoms with E-state index in [2.05, 4.69) is 0 Å². The molecule has 12 heavy (non-hydrogen) atoms. The van der Waals surface area contributed by atoms with Gasteiger partial charge >= 0.3 is 11.9 Å². The van der Waals surface area contributed by atoms with Crippen LogP contribution in [-0.4, -0.2) is 23.1 Å². The van der Waals surface area contributed by atoms with Crippen LogP contribution in [0.2, 0.25) is 0 Å². The fourth-order valence-electron chi connectivity index (χ4n) is 1.51. The van der Waals surface area contributed by atoms with Gasteiger partial charge in [-0.1, -0.05) is 0 Å². The standard InChI is InChI=1S/C8H12O4/c1-5(9)12-7-3-2-6(4-7)8(10)11/h6-7H,2-4H2,1H3,(H,10,11). The van der Waals surface area contributed by atoms with Gasteiger partial charge in [-0.2, -0.15) is 0 Å². The Morgan fingerprint density at radius 3 is 2.50 bits per heavy atom. The summed E-state index contributed by atoms with van der Waals surface area (Å²) in [5, 5.41) is 8.62. The molecule has 0 amide bonds. The molecule has 2 unspecified atom stereocenters. The Morgan fingerprint density at radius 1 is 1.42 bits per heavy atom. The number of rotatable bonds is 2. The van der Waals surface area contributed by atoms with E-state index in [0.717, 1.165) is 0 Å². The Balaban J connectivity index is 2.35. The number of carboxylic acid groups (broad SMARTS) is 1. The van der Waals surface area contributed by atoms with Gasteiger partial charge in [0.05, 0.1) is 5.92 Å². The van der Waals surface area contributed by atoms with Crippen molar-refractivity contribution in [3.63, 3.8) is 0 Å². The number of aliphatic carboxylic acids is 1. The summed E-state index contributed by atoms with van der Waals surface area (Å²) in [5.41, 5.74) is 0. The van der Waals surface area contributed by atoms with Crippen molar-refractivity contribution in [1.82, 2.24) is 0 Å². The van der Waals surface area contributed by atoms with E-state index in [0.29, 0.717) is 19.3 Å². The summed E-state index contributed by atoms with van der Waals surface area (Å²) in [4.78, 5) is 21.0. The highest BCUT2D eigenvalue weighted by atomic mass is 16.5. The summed E-state index contributed by atoms with van der Waals surface area (Å²) in [6.45, 7) is 1.34. The van der Waals surface area contributed by atoms with Gasteiger partial charge in [0.25, 0.3) is 0 Å². The van der Waals surface area contributed by atoms with E-state index in [1.165, 1.54) is 6.92 Å². The van der Waals surface area contributed by atoms with Gasteiger partial charge in [-0.25, -0.2) is 0 Å². The minimum atomic E-state index is -0.787. The van der Waals surface area contributed by atoms with Crippen molar-refractivity contribution in [3.8, 4) is 0 Å². The lowest BCUT2D eigenvalue weighted by molar-refractivity contribution is -0.148. The van der Waals surface area contributed by atoms with Gasteiger partial charge in [-0.15, -0.1) is 0 Å². The molecule has 1 saturated carbocycles. The van der Waals surface area contributed by atoms with E-state index in [9.17, 15) is 9.59 Å². The molecule has 0 aromatic heterocycles. The quantitative estimate of drug-likeness (QED) is 0.626. The Hall–Kier alpha value is -1.06. The first-order chi connectivity index (χ1) is 5.59. The average molecular weight is 172 g/mol. The highest BCUT2D eigenvalue weighted by Crippen LogP contribution is 2.27. The summed E-state index contributed by atoms with van der Waals surface area (Å²) in [7, 11) is 0. The molecular weight excluding hydrogens is 160 g/mol. The van der Waals surface area contributed by atoms with Gasteiger partial charge < -0.3 is 9.84 Å². The number of ether oxygens (including phenoxy) is 1. The predicted octanol–water partition coefficient (Wildman–Crippen LogP) is 0.803. The fourth-order valence-corrected chi connectivity index (χ4v) is 1.51. The number of hydrogen-bond donors (Lipinski definition) is 1. The molecule has 2 atom stereocenters. The molecular formula is C8H12O4. The summed E-state index contributed by atoms with van der Waals surface area (Å²) in [6.07, 6.45) is 1.59. The van der Waals surface area contributed by atoms with Crippen molar-refractivity contribution < 1.29 is 19.4 Å². The third kappa shape index (κ3) is 2.22. The van der Waals surface area contributed by atoms with Gasteiger partial charge in [0.15, 0.2) is 0 Å². The van der Waals surface area contributed by atoms with Crippen molar-refractivity contribution in [2.45, 2.75) is 32.3 Å². The largest absolute Gasteiger partial charge is 0.481 e. The summed E-state index contributed by atoms with van der Waals surface area (Å²) in [5.74, 6) is -1.44. The number of carboxylic acids is 1. The fraction of sp³-hybridized carbons (Fsp3) is 0.750. The lowest BCUT2D eigenvalue weighted by Crippen LogP contribution is -2.15. The van der Waals surface area contributed by atoms with Crippen LogP contribution in [0.4, 0.5) is 0 Å². The Morgan fingerprint density at radius 2 is 2.08 bits per heavy atom. The molecule has 1 aliphatic carbocycles. The number of carbonyl (C=O) groups is 2. The maximum Gasteiger partial charge on any atom is 0.306 e. The zero-order chi connectivity index (χ0) is 9.14. The molecule has 0 spiro atoms. The molecule has 0 saturated heterocycles. The van der Waals surface area contributed by atoms with Gasteiger partial charge in [0, 0.05) is 6.92 Å². The number of hydrogen-bond acceptors (Lipinski definition) is 3. The summed E-state index contributed by atoms with van der Waals surface area (Å²) >= 11 is 0. The number of carbonyl (C=O) groups excluding carboxylic acids is 1. The average Bonchev–Trinajstić information content (AvgIpc) is 2.34. The second-order valence-electron chi connectivity index (χ2n) is 3.08. The van der Waals surface area contributed by atoms with Gasteiger partial charge in [0.2, 0.25) is 0 Å². The monoisotopic (exact) mass is 172 g/mol.